The first-order valence-corrected chi connectivity index (χ1v) is 10.6. The molecule has 3 aromatic rings. The number of rotatable bonds is 5. The van der Waals surface area contributed by atoms with Crippen molar-refractivity contribution in [3.8, 4) is 17.2 Å². The van der Waals surface area contributed by atoms with Crippen molar-refractivity contribution in [1.82, 2.24) is 15.0 Å². The van der Waals surface area contributed by atoms with Crippen LogP contribution in [0, 0.1) is 6.92 Å². The quantitative estimate of drug-likeness (QED) is 0.643. The number of carbonyl (C=O) groups is 1. The van der Waals surface area contributed by atoms with Gasteiger partial charge in [0.1, 0.15) is 19.0 Å². The van der Waals surface area contributed by atoms with Gasteiger partial charge in [0.2, 0.25) is 0 Å². The van der Waals surface area contributed by atoms with E-state index in [1.54, 1.807) is 23.1 Å². The molecule has 1 N–H and O–H groups in total. The molecule has 2 amide bonds. The molecule has 2 aliphatic rings. The molecule has 1 fully saturated rings. The van der Waals surface area contributed by atoms with Crippen LogP contribution in [0.3, 0.4) is 0 Å². The summed E-state index contributed by atoms with van der Waals surface area (Å²) in [7, 11) is 0. The second-order valence-electron chi connectivity index (χ2n) is 7.79. The van der Waals surface area contributed by atoms with Gasteiger partial charge in [-0.15, -0.1) is 0 Å². The fourth-order valence-electron chi connectivity index (χ4n) is 3.84. The Bertz CT molecular complexity index is 1100. The lowest BCUT2D eigenvalue weighted by Crippen LogP contribution is -2.34. The number of carbonyl (C=O) groups excluding carboxylic acids is 1. The van der Waals surface area contributed by atoms with Crippen LogP contribution in [0.2, 0.25) is 0 Å². The van der Waals surface area contributed by atoms with Crippen molar-refractivity contribution in [2.45, 2.75) is 32.4 Å². The molecule has 1 saturated heterocycles. The molecular formula is C23H24N4O5. The maximum Gasteiger partial charge on any atom is 0.322 e. The zero-order chi connectivity index (χ0) is 21.9. The van der Waals surface area contributed by atoms with E-state index >= 15 is 0 Å². The standard InChI is InChI=1S/C23H24N4O5/c1-15-4-7-17(8-5-15)31-14-21-25-22(26-32-21)18-3-2-10-27(18)23(28)24-16-6-9-19-20(13-16)30-12-11-29-19/h4-9,13,18H,2-3,10-12,14H2,1H3,(H,24,28). The minimum atomic E-state index is -0.246. The maximum absolute atomic E-state index is 12.9. The zero-order valence-corrected chi connectivity index (χ0v) is 17.7. The fourth-order valence-corrected chi connectivity index (χ4v) is 3.84. The summed E-state index contributed by atoms with van der Waals surface area (Å²) in [6.45, 7) is 3.83. The summed E-state index contributed by atoms with van der Waals surface area (Å²) in [6.07, 6.45) is 1.63. The molecule has 0 aliphatic carbocycles. The Kier molecular flexibility index (Phi) is 5.53. The molecule has 3 heterocycles. The largest absolute Gasteiger partial charge is 0.486 e. The predicted octanol–water partition coefficient (Wildman–Crippen LogP) is 4.10. The number of nitrogens with zero attached hydrogens (tertiary/aromatic N) is 3. The zero-order valence-electron chi connectivity index (χ0n) is 17.7. The highest BCUT2D eigenvalue weighted by Crippen LogP contribution is 2.34. The molecule has 0 spiro atoms. The highest BCUT2D eigenvalue weighted by Gasteiger charge is 2.33. The average Bonchev–Trinajstić information content (AvgIpc) is 3.48. The van der Waals surface area contributed by atoms with Gasteiger partial charge >= 0.3 is 6.03 Å². The number of fused-ring (bicyclic) bond motifs is 1. The van der Waals surface area contributed by atoms with Crippen molar-refractivity contribution in [2.24, 2.45) is 0 Å². The molecule has 0 radical (unpaired) electrons. The average molecular weight is 436 g/mol. The third kappa shape index (κ3) is 4.32. The van der Waals surface area contributed by atoms with Gasteiger partial charge in [0.25, 0.3) is 5.89 Å². The van der Waals surface area contributed by atoms with E-state index in [9.17, 15) is 4.79 Å². The number of aromatic nitrogens is 2. The molecule has 1 atom stereocenters. The van der Waals surface area contributed by atoms with E-state index in [1.807, 2.05) is 31.2 Å². The summed E-state index contributed by atoms with van der Waals surface area (Å²) in [5, 5.41) is 7.03. The van der Waals surface area contributed by atoms with E-state index in [4.69, 9.17) is 18.7 Å². The minimum Gasteiger partial charge on any atom is -0.486 e. The van der Waals surface area contributed by atoms with Crippen LogP contribution < -0.4 is 19.5 Å². The van der Waals surface area contributed by atoms with Gasteiger partial charge in [-0.05, 0) is 44.0 Å². The molecule has 1 aromatic heterocycles. The van der Waals surface area contributed by atoms with Gasteiger partial charge in [0.05, 0.1) is 6.04 Å². The molecule has 5 rings (SSSR count). The summed E-state index contributed by atoms with van der Waals surface area (Å²) < 4.78 is 22.2. The van der Waals surface area contributed by atoms with Crippen molar-refractivity contribution in [2.75, 3.05) is 25.1 Å². The normalized spacial score (nSPS) is 17.3. The topological polar surface area (TPSA) is 99.0 Å². The number of urea groups is 1. The van der Waals surface area contributed by atoms with Gasteiger partial charge in [0.15, 0.2) is 23.9 Å². The van der Waals surface area contributed by atoms with E-state index in [0.29, 0.717) is 48.7 Å². The van der Waals surface area contributed by atoms with E-state index in [0.717, 1.165) is 24.2 Å². The van der Waals surface area contributed by atoms with Gasteiger partial charge in [-0.3, -0.25) is 0 Å². The molecule has 9 nitrogen and oxygen atoms in total. The summed E-state index contributed by atoms with van der Waals surface area (Å²) in [6, 6.07) is 12.6. The third-order valence-corrected chi connectivity index (χ3v) is 5.47. The van der Waals surface area contributed by atoms with Crippen LogP contribution >= 0.6 is 0 Å². The van der Waals surface area contributed by atoms with Gasteiger partial charge in [0, 0.05) is 18.3 Å². The highest BCUT2D eigenvalue weighted by atomic mass is 16.6. The number of benzene rings is 2. The Labute approximate surface area is 185 Å². The number of likely N-dealkylation sites (tertiary alicyclic amines) is 1. The molecule has 0 bridgehead atoms. The Morgan fingerprint density at radius 2 is 1.97 bits per heavy atom. The number of aryl methyl sites for hydroxylation is 1. The Morgan fingerprint density at radius 3 is 2.81 bits per heavy atom. The second-order valence-corrected chi connectivity index (χ2v) is 7.79. The van der Waals surface area contributed by atoms with Gasteiger partial charge in [-0.1, -0.05) is 22.9 Å². The molecule has 9 heteroatoms. The van der Waals surface area contributed by atoms with Crippen LogP contribution in [0.1, 0.15) is 36.2 Å². The second kappa shape index (κ2) is 8.78. The van der Waals surface area contributed by atoms with Crippen LogP contribution in [-0.2, 0) is 6.61 Å². The number of hydrogen-bond donors (Lipinski definition) is 1. The first kappa shape index (κ1) is 20.2. The van der Waals surface area contributed by atoms with Crippen LogP contribution in [0.4, 0.5) is 10.5 Å². The van der Waals surface area contributed by atoms with Crippen molar-refractivity contribution in [3.63, 3.8) is 0 Å². The fraction of sp³-hybridized carbons (Fsp3) is 0.348. The summed E-state index contributed by atoms with van der Waals surface area (Å²) in [5.41, 5.74) is 1.80. The van der Waals surface area contributed by atoms with Gasteiger partial charge < -0.3 is 29.0 Å². The predicted molar refractivity (Wildman–Crippen MR) is 115 cm³/mol. The van der Waals surface area contributed by atoms with Crippen molar-refractivity contribution < 1.29 is 23.5 Å². The summed E-state index contributed by atoms with van der Waals surface area (Å²) in [4.78, 5) is 19.1. The number of hydrogen-bond acceptors (Lipinski definition) is 7. The first-order valence-electron chi connectivity index (χ1n) is 10.6. The molecule has 0 saturated carbocycles. The number of anilines is 1. The lowest BCUT2D eigenvalue weighted by molar-refractivity contribution is 0.171. The molecule has 2 aliphatic heterocycles. The summed E-state index contributed by atoms with van der Waals surface area (Å²) >= 11 is 0. The molecular weight excluding hydrogens is 412 g/mol. The smallest absolute Gasteiger partial charge is 0.322 e. The minimum absolute atomic E-state index is 0.173. The SMILES string of the molecule is Cc1ccc(OCc2nc(C3CCCN3C(=O)Nc3ccc4c(c3)OCCO4)no2)cc1. The Hall–Kier alpha value is -3.75. The van der Waals surface area contributed by atoms with E-state index < -0.39 is 0 Å². The molecule has 166 valence electrons. The molecule has 32 heavy (non-hydrogen) atoms. The Morgan fingerprint density at radius 1 is 1.16 bits per heavy atom. The number of ether oxygens (including phenoxy) is 3. The van der Waals surface area contributed by atoms with Crippen LogP contribution in [-0.4, -0.2) is 40.8 Å². The van der Waals surface area contributed by atoms with Crippen LogP contribution in [0.25, 0.3) is 0 Å². The van der Waals surface area contributed by atoms with Crippen molar-refractivity contribution in [1.29, 1.82) is 0 Å². The van der Waals surface area contributed by atoms with E-state index in [1.165, 1.54) is 0 Å². The molecule has 1 unspecified atom stereocenters. The maximum atomic E-state index is 12.9. The summed E-state index contributed by atoms with van der Waals surface area (Å²) in [5.74, 6) is 2.91. The number of amides is 2. The number of nitrogens with one attached hydrogen (secondary N) is 1. The lowest BCUT2D eigenvalue weighted by atomic mass is 10.2. The van der Waals surface area contributed by atoms with E-state index in [-0.39, 0.29) is 18.7 Å². The van der Waals surface area contributed by atoms with Crippen molar-refractivity contribution in [3.05, 3.63) is 59.7 Å². The lowest BCUT2D eigenvalue weighted by Gasteiger charge is -2.23. The van der Waals surface area contributed by atoms with Crippen LogP contribution in [0.5, 0.6) is 17.2 Å². The van der Waals surface area contributed by atoms with Crippen LogP contribution in [0.15, 0.2) is 47.0 Å². The monoisotopic (exact) mass is 436 g/mol. The highest BCUT2D eigenvalue weighted by molar-refractivity contribution is 5.90. The first-order chi connectivity index (χ1) is 15.7. The van der Waals surface area contributed by atoms with Gasteiger partial charge in [-0.2, -0.15) is 4.98 Å². The third-order valence-electron chi connectivity index (χ3n) is 5.47. The van der Waals surface area contributed by atoms with E-state index in [2.05, 4.69) is 15.5 Å². The van der Waals surface area contributed by atoms with Crippen molar-refractivity contribution >= 4 is 11.7 Å². The van der Waals surface area contributed by atoms with Gasteiger partial charge in [-0.25, -0.2) is 4.79 Å². The Balaban J connectivity index is 1.22. The molecule has 2 aromatic carbocycles.